The summed E-state index contributed by atoms with van der Waals surface area (Å²) in [5.41, 5.74) is 1.20. The average molecular weight is 445 g/mol. The highest BCUT2D eigenvalue weighted by molar-refractivity contribution is 5.90. The number of amides is 3. The van der Waals surface area contributed by atoms with Crippen molar-refractivity contribution in [3.63, 3.8) is 0 Å². The lowest BCUT2D eigenvalue weighted by atomic mass is 9.92. The summed E-state index contributed by atoms with van der Waals surface area (Å²) >= 11 is 0. The second kappa shape index (κ2) is 11.7. The molecule has 10 heteroatoms. The van der Waals surface area contributed by atoms with Crippen molar-refractivity contribution >= 4 is 17.7 Å². The molecule has 0 saturated carbocycles. The van der Waals surface area contributed by atoms with E-state index in [2.05, 4.69) is 10.6 Å². The van der Waals surface area contributed by atoms with Gasteiger partial charge in [0, 0.05) is 18.9 Å². The highest BCUT2D eigenvalue weighted by Crippen LogP contribution is 2.29. The maximum Gasteiger partial charge on any atom is 0.416 e. The van der Waals surface area contributed by atoms with Gasteiger partial charge in [0.15, 0.2) is 0 Å². The Hall–Kier alpha value is -2.62. The third-order valence-corrected chi connectivity index (χ3v) is 4.68. The first-order chi connectivity index (χ1) is 14.3. The molecule has 0 aliphatic carbocycles. The zero-order valence-electron chi connectivity index (χ0n) is 18.0. The monoisotopic (exact) mass is 445 g/mol. The third kappa shape index (κ3) is 8.95. The Kier molecular flexibility index (Phi) is 9.96. The molecule has 1 rings (SSSR count). The Morgan fingerprint density at radius 2 is 1.58 bits per heavy atom. The number of halogens is 3. The van der Waals surface area contributed by atoms with E-state index >= 15 is 0 Å². The van der Waals surface area contributed by atoms with E-state index < -0.39 is 41.4 Å². The van der Waals surface area contributed by atoms with Gasteiger partial charge in [-0.3, -0.25) is 19.6 Å². The number of benzene rings is 1. The Morgan fingerprint density at radius 3 is 2.03 bits per heavy atom. The summed E-state index contributed by atoms with van der Waals surface area (Å²) in [5, 5.41) is 14.0. The SMILES string of the molecule is CC(C)CC(CC(=O)NO)C(=O)N[C@H](C(=O)NCc1ccc(C(F)(F)F)cc1)C(C)C. The van der Waals surface area contributed by atoms with Crippen molar-refractivity contribution in [1.82, 2.24) is 16.1 Å². The summed E-state index contributed by atoms with van der Waals surface area (Å²) < 4.78 is 37.9. The van der Waals surface area contributed by atoms with Crippen LogP contribution in [0.4, 0.5) is 13.2 Å². The number of nitrogens with one attached hydrogen (secondary N) is 3. The number of carbonyl (C=O) groups excluding carboxylic acids is 3. The number of rotatable bonds is 10. The van der Waals surface area contributed by atoms with E-state index in [-0.39, 0.29) is 24.8 Å². The summed E-state index contributed by atoms with van der Waals surface area (Å²) in [6.07, 6.45) is -4.27. The van der Waals surface area contributed by atoms with Gasteiger partial charge in [-0.25, -0.2) is 5.48 Å². The van der Waals surface area contributed by atoms with Crippen molar-refractivity contribution in [2.75, 3.05) is 0 Å². The van der Waals surface area contributed by atoms with Crippen molar-refractivity contribution in [2.45, 2.75) is 59.3 Å². The van der Waals surface area contributed by atoms with Crippen LogP contribution in [0.3, 0.4) is 0 Å². The van der Waals surface area contributed by atoms with Gasteiger partial charge in [-0.15, -0.1) is 0 Å². The summed E-state index contributed by atoms with van der Waals surface area (Å²) in [5.74, 6) is -2.57. The van der Waals surface area contributed by atoms with Crippen molar-refractivity contribution in [3.8, 4) is 0 Å². The molecule has 0 aliphatic rings. The van der Waals surface area contributed by atoms with Gasteiger partial charge in [0.25, 0.3) is 0 Å². The zero-order valence-corrected chi connectivity index (χ0v) is 18.0. The van der Waals surface area contributed by atoms with Crippen LogP contribution in [-0.2, 0) is 27.1 Å². The van der Waals surface area contributed by atoms with Gasteiger partial charge in [-0.2, -0.15) is 13.2 Å². The quantitative estimate of drug-likeness (QED) is 0.328. The highest BCUT2D eigenvalue weighted by Gasteiger charge is 2.31. The summed E-state index contributed by atoms with van der Waals surface area (Å²) in [4.78, 5) is 36.8. The van der Waals surface area contributed by atoms with Crippen molar-refractivity contribution in [2.24, 2.45) is 17.8 Å². The van der Waals surface area contributed by atoms with Crippen molar-refractivity contribution < 1.29 is 32.8 Å². The first-order valence-electron chi connectivity index (χ1n) is 10.0. The molecule has 7 nitrogen and oxygen atoms in total. The molecule has 1 aromatic carbocycles. The minimum Gasteiger partial charge on any atom is -0.350 e. The first-order valence-corrected chi connectivity index (χ1v) is 10.0. The molecule has 0 heterocycles. The van der Waals surface area contributed by atoms with Gasteiger partial charge >= 0.3 is 6.18 Å². The van der Waals surface area contributed by atoms with Gasteiger partial charge in [0.1, 0.15) is 6.04 Å². The van der Waals surface area contributed by atoms with Gasteiger partial charge < -0.3 is 10.6 Å². The molecule has 0 aliphatic heterocycles. The lowest BCUT2D eigenvalue weighted by Gasteiger charge is -2.25. The van der Waals surface area contributed by atoms with Gasteiger partial charge in [-0.1, -0.05) is 39.8 Å². The molecule has 0 saturated heterocycles. The van der Waals surface area contributed by atoms with Crippen LogP contribution in [0, 0.1) is 17.8 Å². The van der Waals surface area contributed by atoms with Gasteiger partial charge in [0.05, 0.1) is 5.56 Å². The van der Waals surface area contributed by atoms with E-state index in [0.29, 0.717) is 12.0 Å². The fourth-order valence-corrected chi connectivity index (χ4v) is 3.04. The molecular formula is C21H30F3N3O4. The van der Waals surface area contributed by atoms with Crippen LogP contribution in [0.1, 0.15) is 51.7 Å². The number of hydrogen-bond acceptors (Lipinski definition) is 4. The molecule has 174 valence electrons. The number of hydroxylamine groups is 1. The molecule has 2 atom stereocenters. The molecule has 0 spiro atoms. The lowest BCUT2D eigenvalue weighted by Crippen LogP contribution is -2.51. The Labute approximate surface area is 179 Å². The maximum absolute atomic E-state index is 12.7. The first kappa shape index (κ1) is 26.4. The predicted octanol–water partition coefficient (Wildman–Crippen LogP) is 3.02. The normalized spacial score (nSPS) is 13.6. The van der Waals surface area contributed by atoms with Crippen LogP contribution in [0.25, 0.3) is 0 Å². The van der Waals surface area contributed by atoms with E-state index in [4.69, 9.17) is 5.21 Å². The van der Waals surface area contributed by atoms with Crippen LogP contribution in [-0.4, -0.2) is 29.0 Å². The maximum atomic E-state index is 12.7. The summed E-state index contributed by atoms with van der Waals surface area (Å²) in [7, 11) is 0. The fraction of sp³-hybridized carbons (Fsp3) is 0.571. The molecule has 0 radical (unpaired) electrons. The fourth-order valence-electron chi connectivity index (χ4n) is 3.04. The van der Waals surface area contributed by atoms with E-state index in [1.165, 1.54) is 17.6 Å². The second-order valence-electron chi connectivity index (χ2n) is 8.21. The van der Waals surface area contributed by atoms with Gasteiger partial charge in [-0.05, 0) is 36.0 Å². The largest absolute Gasteiger partial charge is 0.416 e. The Balaban J connectivity index is 2.79. The van der Waals surface area contributed by atoms with Crippen LogP contribution < -0.4 is 16.1 Å². The van der Waals surface area contributed by atoms with Crippen molar-refractivity contribution in [1.29, 1.82) is 0 Å². The molecule has 0 bridgehead atoms. The third-order valence-electron chi connectivity index (χ3n) is 4.68. The van der Waals surface area contributed by atoms with Crippen LogP contribution in [0.2, 0.25) is 0 Å². The molecule has 1 aromatic rings. The molecule has 31 heavy (non-hydrogen) atoms. The van der Waals surface area contributed by atoms with E-state index in [1.807, 2.05) is 13.8 Å². The minimum atomic E-state index is -4.44. The molecule has 0 aromatic heterocycles. The van der Waals surface area contributed by atoms with Gasteiger partial charge in [0.2, 0.25) is 17.7 Å². The number of hydrogen-bond donors (Lipinski definition) is 4. The van der Waals surface area contributed by atoms with Crippen LogP contribution >= 0.6 is 0 Å². The molecule has 3 amide bonds. The topological polar surface area (TPSA) is 108 Å². The number of carbonyl (C=O) groups is 3. The molecule has 4 N–H and O–H groups in total. The second-order valence-corrected chi connectivity index (χ2v) is 8.21. The average Bonchev–Trinajstić information content (AvgIpc) is 2.68. The lowest BCUT2D eigenvalue weighted by molar-refractivity contribution is -0.137. The Morgan fingerprint density at radius 1 is 1.00 bits per heavy atom. The Bertz CT molecular complexity index is 749. The zero-order chi connectivity index (χ0) is 23.8. The number of alkyl halides is 3. The predicted molar refractivity (Wildman–Crippen MR) is 108 cm³/mol. The summed E-state index contributed by atoms with van der Waals surface area (Å²) in [6, 6.07) is 3.53. The van der Waals surface area contributed by atoms with Crippen LogP contribution in [0.5, 0.6) is 0 Å². The summed E-state index contributed by atoms with van der Waals surface area (Å²) in [6.45, 7) is 7.24. The van der Waals surface area contributed by atoms with E-state index in [0.717, 1.165) is 12.1 Å². The smallest absolute Gasteiger partial charge is 0.350 e. The molecule has 1 unspecified atom stereocenters. The molecule has 0 fully saturated rings. The van der Waals surface area contributed by atoms with Crippen molar-refractivity contribution in [3.05, 3.63) is 35.4 Å². The van der Waals surface area contributed by atoms with E-state index in [9.17, 15) is 27.6 Å². The standard InChI is InChI=1S/C21H30F3N3O4/c1-12(2)9-15(10-17(28)27-31)19(29)26-18(13(3)4)20(30)25-11-14-5-7-16(8-6-14)21(22,23)24/h5-8,12-13,15,18,31H,9-11H2,1-4H3,(H,25,30)(H,26,29)(H,27,28)/t15?,18-/m0/s1. The molecular weight excluding hydrogens is 415 g/mol. The van der Waals surface area contributed by atoms with Crippen LogP contribution in [0.15, 0.2) is 24.3 Å². The van der Waals surface area contributed by atoms with E-state index in [1.54, 1.807) is 13.8 Å². The highest BCUT2D eigenvalue weighted by atomic mass is 19.4. The minimum absolute atomic E-state index is 0.00159.